The Morgan fingerprint density at radius 1 is 1.30 bits per heavy atom. The normalized spacial score (nSPS) is 12.7. The maximum Gasteiger partial charge on any atom is 0.317 e. The molecule has 0 saturated heterocycles. The predicted octanol–water partition coefficient (Wildman–Crippen LogP) is 3.39. The molecule has 5 nitrogen and oxygen atoms in total. The van der Waals surface area contributed by atoms with E-state index in [0.717, 1.165) is 24.1 Å². The Hall–Kier alpha value is -1.89. The average molecular weight is 415 g/mol. The van der Waals surface area contributed by atoms with Crippen LogP contribution in [-0.4, -0.2) is 41.5 Å². The second kappa shape index (κ2) is 10.4. The van der Waals surface area contributed by atoms with Crippen molar-refractivity contribution >= 4 is 30.8 Å². The minimum absolute atomic E-state index is 0. The number of aromatic nitrogens is 1. The van der Waals surface area contributed by atoms with Gasteiger partial charge in [0.05, 0.1) is 0 Å². The van der Waals surface area contributed by atoms with E-state index < -0.39 is 0 Å². The fourth-order valence-electron chi connectivity index (χ4n) is 3.15. The highest BCUT2D eigenvalue weighted by Crippen LogP contribution is 2.22. The maximum absolute atomic E-state index is 13.2. The second-order valence-electron chi connectivity index (χ2n) is 6.63. The highest BCUT2D eigenvalue weighted by molar-refractivity contribution is 5.85. The van der Waals surface area contributed by atoms with Crippen molar-refractivity contribution in [2.75, 3.05) is 20.6 Å². The standard InChI is InChI=1S/C19H23FN4O.2ClH/c1-23(2)12-15-10-21-11-16-13-24(7-6-18(15)16)19(25)22-9-14-4-3-5-17(20)8-14;;/h3-5,8,10-11H,6-7,9,12-13H2,1-2H3,(H,22,25);2*1H. The first kappa shape index (κ1) is 23.1. The number of hydrogen-bond acceptors (Lipinski definition) is 3. The van der Waals surface area contributed by atoms with E-state index in [0.29, 0.717) is 19.6 Å². The van der Waals surface area contributed by atoms with E-state index in [1.165, 1.54) is 23.3 Å². The van der Waals surface area contributed by atoms with Gasteiger partial charge >= 0.3 is 6.03 Å². The molecular weight excluding hydrogens is 390 g/mol. The number of hydrogen-bond donors (Lipinski definition) is 1. The lowest BCUT2D eigenvalue weighted by Crippen LogP contribution is -2.42. The third-order valence-corrected chi connectivity index (χ3v) is 4.34. The van der Waals surface area contributed by atoms with Crippen LogP contribution >= 0.6 is 24.8 Å². The highest BCUT2D eigenvalue weighted by atomic mass is 35.5. The molecule has 0 fully saturated rings. The van der Waals surface area contributed by atoms with E-state index in [1.807, 2.05) is 26.5 Å². The Balaban J connectivity index is 0.00000182. The molecule has 1 aliphatic rings. The van der Waals surface area contributed by atoms with E-state index in [1.54, 1.807) is 17.0 Å². The fraction of sp³-hybridized carbons (Fsp3) is 0.368. The van der Waals surface area contributed by atoms with Crippen LogP contribution in [0.5, 0.6) is 0 Å². The smallest absolute Gasteiger partial charge is 0.317 e. The van der Waals surface area contributed by atoms with Crippen LogP contribution in [0.1, 0.15) is 22.3 Å². The number of urea groups is 1. The first-order valence-corrected chi connectivity index (χ1v) is 8.39. The molecule has 0 bridgehead atoms. The third kappa shape index (κ3) is 6.06. The van der Waals surface area contributed by atoms with Crippen LogP contribution in [-0.2, 0) is 26.1 Å². The zero-order valence-electron chi connectivity index (χ0n) is 15.4. The summed E-state index contributed by atoms with van der Waals surface area (Å²) in [7, 11) is 4.07. The van der Waals surface area contributed by atoms with Gasteiger partial charge in [0, 0.05) is 38.6 Å². The number of carbonyl (C=O) groups is 1. The zero-order chi connectivity index (χ0) is 17.8. The van der Waals surface area contributed by atoms with Crippen molar-refractivity contribution in [2.45, 2.75) is 26.1 Å². The van der Waals surface area contributed by atoms with Gasteiger partial charge in [-0.25, -0.2) is 9.18 Å². The molecule has 0 atom stereocenters. The van der Waals surface area contributed by atoms with Gasteiger partial charge in [0.2, 0.25) is 0 Å². The molecule has 2 aromatic rings. The number of nitrogens with one attached hydrogen (secondary N) is 1. The minimum Gasteiger partial charge on any atom is -0.334 e. The molecule has 148 valence electrons. The molecule has 0 radical (unpaired) electrons. The zero-order valence-corrected chi connectivity index (χ0v) is 17.1. The van der Waals surface area contributed by atoms with E-state index in [-0.39, 0.29) is 36.7 Å². The lowest BCUT2D eigenvalue weighted by molar-refractivity contribution is 0.191. The third-order valence-electron chi connectivity index (χ3n) is 4.34. The summed E-state index contributed by atoms with van der Waals surface area (Å²) in [6, 6.07) is 6.14. The average Bonchev–Trinajstić information content (AvgIpc) is 2.59. The van der Waals surface area contributed by atoms with Crippen molar-refractivity contribution in [3.8, 4) is 0 Å². The molecule has 1 aromatic carbocycles. The van der Waals surface area contributed by atoms with E-state index in [2.05, 4.69) is 15.2 Å². The molecule has 0 unspecified atom stereocenters. The van der Waals surface area contributed by atoms with Crippen LogP contribution < -0.4 is 5.32 Å². The monoisotopic (exact) mass is 414 g/mol. The Morgan fingerprint density at radius 3 is 2.78 bits per heavy atom. The quantitative estimate of drug-likeness (QED) is 0.833. The van der Waals surface area contributed by atoms with Crippen molar-refractivity contribution in [1.82, 2.24) is 20.1 Å². The van der Waals surface area contributed by atoms with Gasteiger partial charge in [-0.05, 0) is 54.9 Å². The van der Waals surface area contributed by atoms with Crippen LogP contribution in [0, 0.1) is 5.82 Å². The summed E-state index contributed by atoms with van der Waals surface area (Å²) in [6.45, 7) is 2.39. The largest absolute Gasteiger partial charge is 0.334 e. The highest BCUT2D eigenvalue weighted by Gasteiger charge is 2.22. The molecule has 3 rings (SSSR count). The molecule has 27 heavy (non-hydrogen) atoms. The summed E-state index contributed by atoms with van der Waals surface area (Å²) in [6.07, 6.45) is 4.59. The molecule has 8 heteroatoms. The number of rotatable bonds is 4. The number of fused-ring (bicyclic) bond motifs is 1. The van der Waals surface area contributed by atoms with Gasteiger partial charge < -0.3 is 15.1 Å². The Kier molecular flexibility index (Phi) is 8.96. The summed E-state index contributed by atoms with van der Waals surface area (Å²) >= 11 is 0. The van der Waals surface area contributed by atoms with Crippen molar-refractivity contribution < 1.29 is 9.18 Å². The van der Waals surface area contributed by atoms with Gasteiger partial charge in [-0.1, -0.05) is 12.1 Å². The summed E-state index contributed by atoms with van der Waals surface area (Å²) in [5.74, 6) is -0.293. The lowest BCUT2D eigenvalue weighted by atomic mass is 9.97. The number of nitrogens with zero attached hydrogens (tertiary/aromatic N) is 3. The van der Waals surface area contributed by atoms with Crippen LogP contribution in [0.4, 0.5) is 9.18 Å². The minimum atomic E-state index is -0.293. The maximum atomic E-state index is 13.2. The van der Waals surface area contributed by atoms with Crippen LogP contribution in [0.3, 0.4) is 0 Å². The Bertz CT molecular complexity index is 773. The number of benzene rings is 1. The van der Waals surface area contributed by atoms with Gasteiger partial charge in [-0.3, -0.25) is 4.98 Å². The topological polar surface area (TPSA) is 48.5 Å². The van der Waals surface area contributed by atoms with Crippen LogP contribution in [0.15, 0.2) is 36.7 Å². The van der Waals surface area contributed by atoms with Gasteiger partial charge in [0.25, 0.3) is 0 Å². The molecule has 1 N–H and O–H groups in total. The van der Waals surface area contributed by atoms with E-state index in [4.69, 9.17) is 0 Å². The SMILES string of the molecule is CN(C)Cc1cncc2c1CCN(C(=O)NCc1cccc(F)c1)C2.Cl.Cl. The summed E-state index contributed by atoms with van der Waals surface area (Å²) in [4.78, 5) is 20.6. The first-order valence-electron chi connectivity index (χ1n) is 8.39. The molecular formula is C19H25Cl2FN4O. The molecule has 1 aliphatic heterocycles. The lowest BCUT2D eigenvalue weighted by Gasteiger charge is -2.30. The fourth-order valence-corrected chi connectivity index (χ4v) is 3.15. The Morgan fingerprint density at radius 2 is 2.07 bits per heavy atom. The van der Waals surface area contributed by atoms with Crippen molar-refractivity contribution in [1.29, 1.82) is 0 Å². The molecule has 2 amide bonds. The van der Waals surface area contributed by atoms with Gasteiger partial charge in [0.1, 0.15) is 5.82 Å². The predicted molar refractivity (Wildman–Crippen MR) is 109 cm³/mol. The number of pyridine rings is 1. The molecule has 0 spiro atoms. The molecule has 2 heterocycles. The van der Waals surface area contributed by atoms with Gasteiger partial charge in [0.15, 0.2) is 0 Å². The van der Waals surface area contributed by atoms with Crippen LogP contribution in [0.25, 0.3) is 0 Å². The molecule has 1 aromatic heterocycles. The van der Waals surface area contributed by atoms with Crippen molar-refractivity contribution in [3.05, 3.63) is 64.7 Å². The van der Waals surface area contributed by atoms with E-state index in [9.17, 15) is 9.18 Å². The summed E-state index contributed by atoms with van der Waals surface area (Å²) in [5, 5.41) is 2.87. The summed E-state index contributed by atoms with van der Waals surface area (Å²) < 4.78 is 13.2. The van der Waals surface area contributed by atoms with Crippen LogP contribution in [0.2, 0.25) is 0 Å². The van der Waals surface area contributed by atoms with E-state index >= 15 is 0 Å². The second-order valence-corrected chi connectivity index (χ2v) is 6.63. The summed E-state index contributed by atoms with van der Waals surface area (Å²) in [5.41, 5.74) is 4.38. The number of carbonyl (C=O) groups excluding carboxylic acids is 1. The number of halogens is 3. The molecule has 0 aliphatic carbocycles. The van der Waals surface area contributed by atoms with Gasteiger partial charge in [-0.15, -0.1) is 24.8 Å². The van der Waals surface area contributed by atoms with Gasteiger partial charge in [-0.2, -0.15) is 0 Å². The van der Waals surface area contributed by atoms with Crippen molar-refractivity contribution in [2.24, 2.45) is 0 Å². The Labute approximate surface area is 171 Å². The van der Waals surface area contributed by atoms with Crippen molar-refractivity contribution in [3.63, 3.8) is 0 Å². The number of amides is 2. The molecule has 0 saturated carbocycles. The first-order chi connectivity index (χ1) is 12.0.